The summed E-state index contributed by atoms with van der Waals surface area (Å²) >= 11 is 7.46. The molecule has 0 saturated heterocycles. The van der Waals surface area contributed by atoms with E-state index in [9.17, 15) is 21.6 Å². The predicted molar refractivity (Wildman–Crippen MR) is 135 cm³/mol. The second-order valence-corrected chi connectivity index (χ2v) is 10.9. The SMILES string of the molecule is O=S(=O)(Nc1cscn1)c1cc(Cl)c(OCC2C(c3ccc(F)cc3)=CCCC2NCCF)cc1F. The summed E-state index contributed by atoms with van der Waals surface area (Å²) in [6, 6.07) is 7.80. The topological polar surface area (TPSA) is 80.3 Å². The first kappa shape index (κ1) is 26.5. The van der Waals surface area contributed by atoms with Crippen molar-refractivity contribution in [1.82, 2.24) is 10.3 Å². The smallest absolute Gasteiger partial charge is 0.266 e. The van der Waals surface area contributed by atoms with Crippen LogP contribution in [0.4, 0.5) is 19.0 Å². The molecule has 6 nitrogen and oxygen atoms in total. The van der Waals surface area contributed by atoms with Crippen molar-refractivity contribution in [3.05, 3.63) is 75.6 Å². The molecule has 2 aromatic carbocycles. The Morgan fingerprint density at radius 3 is 2.67 bits per heavy atom. The van der Waals surface area contributed by atoms with Crippen LogP contribution in [0.2, 0.25) is 5.02 Å². The maximum Gasteiger partial charge on any atom is 0.266 e. The Balaban J connectivity index is 1.56. The van der Waals surface area contributed by atoms with Crippen molar-refractivity contribution < 1.29 is 26.3 Å². The largest absolute Gasteiger partial charge is 0.491 e. The fourth-order valence-electron chi connectivity index (χ4n) is 4.11. The van der Waals surface area contributed by atoms with Gasteiger partial charge in [-0.2, -0.15) is 0 Å². The van der Waals surface area contributed by atoms with Crippen LogP contribution in [0, 0.1) is 17.6 Å². The minimum Gasteiger partial charge on any atom is -0.491 e. The highest BCUT2D eigenvalue weighted by Gasteiger charge is 2.30. The molecule has 0 radical (unpaired) electrons. The molecular weight excluding hydrogens is 535 g/mol. The van der Waals surface area contributed by atoms with E-state index in [4.69, 9.17) is 16.3 Å². The standard InChI is InChI=1S/C24H23ClF3N3O3S2/c25-19-10-23(36(32,33)31-24-13-35-14-30-24)20(28)11-22(19)34-12-18-17(15-4-6-16(27)7-5-15)2-1-3-21(18)29-9-8-26/h2,4-7,10-11,13-14,18,21,29,31H,1,3,8-9,12H2. The third-order valence-corrected chi connectivity index (χ3v) is 8.02. The van der Waals surface area contributed by atoms with Gasteiger partial charge in [-0.15, -0.1) is 11.3 Å². The van der Waals surface area contributed by atoms with Gasteiger partial charge in [0.1, 0.15) is 29.0 Å². The molecule has 36 heavy (non-hydrogen) atoms. The fraction of sp³-hybridized carbons (Fsp3) is 0.292. The van der Waals surface area contributed by atoms with Crippen LogP contribution in [0.15, 0.2) is 58.3 Å². The number of hydrogen-bond donors (Lipinski definition) is 2. The molecule has 3 aromatic rings. The lowest BCUT2D eigenvalue weighted by atomic mass is 9.80. The van der Waals surface area contributed by atoms with Gasteiger partial charge in [0.15, 0.2) is 5.82 Å². The Labute approximate surface area is 216 Å². The highest BCUT2D eigenvalue weighted by Crippen LogP contribution is 2.36. The lowest BCUT2D eigenvalue weighted by Gasteiger charge is -2.33. The number of allylic oxidation sites excluding steroid dienone is 1. The average molecular weight is 558 g/mol. The summed E-state index contributed by atoms with van der Waals surface area (Å²) in [5.41, 5.74) is 3.12. The molecule has 1 aliphatic carbocycles. The molecule has 0 fully saturated rings. The first-order chi connectivity index (χ1) is 17.3. The second-order valence-electron chi connectivity index (χ2n) is 8.10. The van der Waals surface area contributed by atoms with Gasteiger partial charge in [0.2, 0.25) is 0 Å². The van der Waals surface area contributed by atoms with Gasteiger partial charge in [0.05, 0.1) is 17.1 Å². The van der Waals surface area contributed by atoms with Crippen molar-refractivity contribution in [3.63, 3.8) is 0 Å². The van der Waals surface area contributed by atoms with Crippen molar-refractivity contribution in [3.8, 4) is 5.75 Å². The first-order valence-corrected chi connectivity index (χ1v) is 13.9. The van der Waals surface area contributed by atoms with Crippen LogP contribution in [0.5, 0.6) is 5.75 Å². The van der Waals surface area contributed by atoms with Gasteiger partial charge in [0, 0.05) is 30.0 Å². The Kier molecular flexibility index (Phi) is 8.55. The van der Waals surface area contributed by atoms with E-state index < -0.39 is 27.4 Å². The summed E-state index contributed by atoms with van der Waals surface area (Å²) in [6.45, 7) is -0.330. The fourth-order valence-corrected chi connectivity index (χ4v) is 6.04. The zero-order chi connectivity index (χ0) is 25.7. The molecule has 0 saturated carbocycles. The van der Waals surface area contributed by atoms with Crippen LogP contribution in [0.1, 0.15) is 18.4 Å². The number of ether oxygens (including phenoxy) is 1. The van der Waals surface area contributed by atoms with Gasteiger partial charge >= 0.3 is 0 Å². The van der Waals surface area contributed by atoms with E-state index in [1.165, 1.54) is 34.4 Å². The molecule has 0 bridgehead atoms. The molecule has 1 aliphatic rings. The van der Waals surface area contributed by atoms with E-state index in [0.717, 1.165) is 36.1 Å². The lowest BCUT2D eigenvalue weighted by Crippen LogP contribution is -2.42. The van der Waals surface area contributed by atoms with E-state index in [2.05, 4.69) is 15.0 Å². The van der Waals surface area contributed by atoms with Gasteiger partial charge < -0.3 is 10.1 Å². The summed E-state index contributed by atoms with van der Waals surface area (Å²) in [7, 11) is -4.26. The minimum absolute atomic E-state index is 0.0324. The van der Waals surface area contributed by atoms with E-state index in [-0.39, 0.29) is 47.5 Å². The Hall–Kier alpha value is -2.60. The van der Waals surface area contributed by atoms with E-state index >= 15 is 0 Å². The van der Waals surface area contributed by atoms with Crippen LogP contribution in [-0.2, 0) is 10.0 Å². The molecule has 0 aliphatic heterocycles. The summed E-state index contributed by atoms with van der Waals surface area (Å²) in [5, 5.41) is 4.55. The normalized spacial score (nSPS) is 18.1. The Morgan fingerprint density at radius 1 is 1.19 bits per heavy atom. The molecule has 1 heterocycles. The lowest BCUT2D eigenvalue weighted by molar-refractivity contribution is 0.232. The number of benzene rings is 2. The van der Waals surface area contributed by atoms with E-state index in [1.807, 2.05) is 6.08 Å². The minimum atomic E-state index is -4.26. The van der Waals surface area contributed by atoms with Crippen LogP contribution < -0.4 is 14.8 Å². The van der Waals surface area contributed by atoms with Crippen LogP contribution >= 0.6 is 22.9 Å². The third kappa shape index (κ3) is 6.20. The quantitative estimate of drug-likeness (QED) is 0.335. The highest BCUT2D eigenvalue weighted by molar-refractivity contribution is 7.92. The molecule has 1 aromatic heterocycles. The summed E-state index contributed by atoms with van der Waals surface area (Å²) in [5.74, 6) is -1.64. The maximum atomic E-state index is 14.9. The Morgan fingerprint density at radius 2 is 1.97 bits per heavy atom. The van der Waals surface area contributed by atoms with Crippen LogP contribution in [0.25, 0.3) is 5.57 Å². The average Bonchev–Trinajstić information content (AvgIpc) is 3.36. The van der Waals surface area contributed by atoms with Gasteiger partial charge in [-0.25, -0.2) is 26.6 Å². The first-order valence-electron chi connectivity index (χ1n) is 11.1. The zero-order valence-corrected chi connectivity index (χ0v) is 21.3. The molecule has 12 heteroatoms. The van der Waals surface area contributed by atoms with Crippen molar-refractivity contribution in [1.29, 1.82) is 0 Å². The molecule has 2 unspecified atom stereocenters. The van der Waals surface area contributed by atoms with Gasteiger partial charge in [-0.3, -0.25) is 4.72 Å². The number of nitrogens with one attached hydrogen (secondary N) is 2. The van der Waals surface area contributed by atoms with Crippen LogP contribution in [-0.4, -0.2) is 39.3 Å². The Bertz CT molecular complexity index is 1320. The van der Waals surface area contributed by atoms with Crippen molar-refractivity contribution in [2.45, 2.75) is 23.8 Å². The molecular formula is C24H23ClF3N3O3S2. The number of halogens is 4. The number of nitrogens with zero attached hydrogens (tertiary/aromatic N) is 1. The third-order valence-electron chi connectivity index (χ3n) is 5.77. The predicted octanol–water partition coefficient (Wildman–Crippen LogP) is 5.68. The number of alkyl halides is 1. The molecule has 0 spiro atoms. The van der Waals surface area contributed by atoms with E-state index in [0.29, 0.717) is 0 Å². The van der Waals surface area contributed by atoms with Crippen LogP contribution in [0.3, 0.4) is 0 Å². The highest BCUT2D eigenvalue weighted by atomic mass is 35.5. The number of hydrogen-bond acceptors (Lipinski definition) is 6. The van der Waals surface area contributed by atoms with Crippen molar-refractivity contribution >= 4 is 44.4 Å². The molecule has 2 N–H and O–H groups in total. The summed E-state index contributed by atoms with van der Waals surface area (Å²) in [6.07, 6.45) is 3.48. The number of aromatic nitrogens is 1. The number of sulfonamides is 1. The second kappa shape index (κ2) is 11.6. The van der Waals surface area contributed by atoms with Crippen molar-refractivity contribution in [2.75, 3.05) is 24.5 Å². The zero-order valence-electron chi connectivity index (χ0n) is 18.9. The summed E-state index contributed by atoms with van der Waals surface area (Å²) in [4.78, 5) is 3.20. The van der Waals surface area contributed by atoms with Gasteiger partial charge in [0.25, 0.3) is 10.0 Å². The number of thiazole rings is 1. The molecule has 4 rings (SSSR count). The number of rotatable bonds is 10. The monoisotopic (exact) mass is 557 g/mol. The summed E-state index contributed by atoms with van der Waals surface area (Å²) < 4.78 is 74.5. The molecule has 192 valence electrons. The number of anilines is 1. The van der Waals surface area contributed by atoms with E-state index in [1.54, 1.807) is 12.1 Å². The molecule has 0 amide bonds. The molecule has 2 atom stereocenters. The maximum absolute atomic E-state index is 14.9. The van der Waals surface area contributed by atoms with Crippen molar-refractivity contribution in [2.24, 2.45) is 5.92 Å². The van der Waals surface area contributed by atoms with Gasteiger partial charge in [-0.05, 0) is 42.2 Å². The van der Waals surface area contributed by atoms with Gasteiger partial charge in [-0.1, -0.05) is 29.8 Å².